The first kappa shape index (κ1) is 43.7. The van der Waals surface area contributed by atoms with Gasteiger partial charge in [-0.3, -0.25) is 14.6 Å². The minimum atomic E-state index is -0.894. The molecule has 0 aliphatic rings. The number of anilines is 1. The predicted octanol–water partition coefficient (Wildman–Crippen LogP) is 9.39. The highest BCUT2D eigenvalue weighted by molar-refractivity contribution is 6.45. The molecule has 2 aromatic rings. The van der Waals surface area contributed by atoms with Crippen molar-refractivity contribution < 1.29 is 23.5 Å². The number of halogens is 2. The highest BCUT2D eigenvalue weighted by Gasteiger charge is 2.13. The minimum Gasteiger partial charge on any atom is -0.483 e. The molecule has 1 unspecified atom stereocenters. The van der Waals surface area contributed by atoms with Crippen LogP contribution >= 0.6 is 0 Å². The Morgan fingerprint density at radius 1 is 0.978 bits per heavy atom. The Morgan fingerprint density at radius 2 is 1.59 bits per heavy atom. The normalized spacial score (nSPS) is 12.0. The van der Waals surface area contributed by atoms with E-state index in [1.807, 2.05) is 47.6 Å². The number of carbonyl (C=O) groups excluding carboxylic acids is 1. The fourth-order valence-corrected chi connectivity index (χ4v) is 3.81. The lowest BCUT2D eigenvalue weighted by molar-refractivity contribution is -0.122. The van der Waals surface area contributed by atoms with Gasteiger partial charge in [0.25, 0.3) is 12.4 Å². The van der Waals surface area contributed by atoms with Crippen molar-refractivity contribution >= 4 is 41.4 Å². The van der Waals surface area contributed by atoms with Crippen LogP contribution in [-0.2, 0) is 4.79 Å². The Bertz CT molecular complexity index is 1350. The van der Waals surface area contributed by atoms with Crippen LogP contribution in [0.25, 0.3) is 5.57 Å². The van der Waals surface area contributed by atoms with Gasteiger partial charge in [0.2, 0.25) is 0 Å². The molecular weight excluding hydrogens is 588 g/mol. The van der Waals surface area contributed by atoms with Crippen molar-refractivity contribution in [2.24, 2.45) is 15.9 Å². The van der Waals surface area contributed by atoms with E-state index in [1.54, 1.807) is 38.3 Å². The summed E-state index contributed by atoms with van der Waals surface area (Å²) in [6, 6.07) is 8.51. The van der Waals surface area contributed by atoms with Crippen molar-refractivity contribution in [3.63, 3.8) is 0 Å². The maximum Gasteiger partial charge on any atom is 0.290 e. The molecule has 0 bridgehead atoms. The van der Waals surface area contributed by atoms with E-state index in [2.05, 4.69) is 27.5 Å². The molecule has 0 aromatic heterocycles. The molecule has 2 aromatic carbocycles. The van der Waals surface area contributed by atoms with Crippen molar-refractivity contribution in [3.05, 3.63) is 82.7 Å². The zero-order chi connectivity index (χ0) is 35.7. The van der Waals surface area contributed by atoms with Gasteiger partial charge in [0.15, 0.2) is 17.5 Å². The molecule has 1 atom stereocenters. The highest BCUT2D eigenvalue weighted by Crippen LogP contribution is 2.22. The summed E-state index contributed by atoms with van der Waals surface area (Å²) in [4.78, 5) is 29.9. The Labute approximate surface area is 274 Å². The standard InChI is InChI=1S/C31H39F2N5O.2C2H6.CH2O2/c1-7-16-35-30(24(6)37-19-23(5)26-12-10-21(3)28(32)29(26)33)38-25-11-13-27(22(4)18-25)31(39)36-17-14-20(2)9-8-15-34;2*1-2;2-1-3/h7,10-13,15-16,18-20,34H,8-9,14,17H2,1-6H3,(H,35,38)(H,36,39);2*1-2H3;1H,(H,2,3)/b16-7-,23-19+,34-15?,37-24?;;;. The van der Waals surface area contributed by atoms with Crippen molar-refractivity contribution in [2.45, 2.75) is 88.5 Å². The smallest absolute Gasteiger partial charge is 0.290 e. The molecule has 0 radical (unpaired) electrons. The number of carbonyl (C=O) groups is 2. The molecular formula is C36H53F2N5O3. The number of aliphatic imine (C=N–C) groups is 2. The first-order valence-corrected chi connectivity index (χ1v) is 15.6. The monoisotopic (exact) mass is 641 g/mol. The molecule has 0 saturated heterocycles. The third-order valence-electron chi connectivity index (χ3n) is 6.31. The van der Waals surface area contributed by atoms with E-state index in [-0.39, 0.29) is 23.5 Å². The number of carboxylic acid groups (broad SMARTS) is 1. The Morgan fingerprint density at radius 3 is 2.15 bits per heavy atom. The van der Waals surface area contributed by atoms with Crippen LogP contribution in [0.1, 0.15) is 102 Å². The number of hydrogen-bond acceptors (Lipinski definition) is 5. The van der Waals surface area contributed by atoms with Crippen LogP contribution in [-0.4, -0.2) is 41.8 Å². The zero-order valence-corrected chi connectivity index (χ0v) is 29.1. The van der Waals surface area contributed by atoms with Gasteiger partial charge in [0, 0.05) is 35.8 Å². The summed E-state index contributed by atoms with van der Waals surface area (Å²) in [7, 11) is 0. The molecule has 0 saturated carbocycles. The Balaban J connectivity index is 0. The summed E-state index contributed by atoms with van der Waals surface area (Å²) >= 11 is 0. The fourth-order valence-electron chi connectivity index (χ4n) is 3.81. The molecule has 0 aliphatic heterocycles. The second kappa shape index (κ2) is 25.8. The molecule has 0 spiro atoms. The molecule has 0 aliphatic carbocycles. The third kappa shape index (κ3) is 16.0. The number of nitrogens with zero attached hydrogens (tertiary/aromatic N) is 2. The average molecular weight is 642 g/mol. The van der Waals surface area contributed by atoms with E-state index in [4.69, 9.17) is 15.3 Å². The van der Waals surface area contributed by atoms with Crippen LogP contribution in [0, 0.1) is 36.8 Å². The summed E-state index contributed by atoms with van der Waals surface area (Å²) in [6.45, 7) is 19.1. The van der Waals surface area contributed by atoms with Gasteiger partial charge in [0.1, 0.15) is 0 Å². The van der Waals surface area contributed by atoms with E-state index in [1.165, 1.54) is 31.5 Å². The molecule has 46 heavy (non-hydrogen) atoms. The van der Waals surface area contributed by atoms with Crippen molar-refractivity contribution in [1.29, 1.82) is 5.41 Å². The molecule has 10 heteroatoms. The van der Waals surface area contributed by atoms with Crippen LogP contribution in [0.15, 0.2) is 58.8 Å². The topological polar surface area (TPSA) is 127 Å². The van der Waals surface area contributed by atoms with Gasteiger partial charge in [-0.25, -0.2) is 13.8 Å². The molecule has 0 fully saturated rings. The summed E-state index contributed by atoms with van der Waals surface area (Å²) in [5, 5.41) is 20.3. The van der Waals surface area contributed by atoms with Crippen LogP contribution in [0.3, 0.4) is 0 Å². The second-order valence-electron chi connectivity index (χ2n) is 9.74. The quantitative estimate of drug-likeness (QED) is 0.105. The largest absolute Gasteiger partial charge is 0.483 e. The maximum atomic E-state index is 14.4. The SMILES string of the molecule is C/C=C\N=C(Nc1ccc(C(=O)NCCC(C)CCC=N)c(C)c1)C(C)=N/C=C(\C)c1ccc(C)c(F)c1F.CC.CC.O=CO. The van der Waals surface area contributed by atoms with Gasteiger partial charge in [-0.15, -0.1) is 0 Å². The summed E-state index contributed by atoms with van der Waals surface area (Å²) in [5.74, 6) is -0.967. The van der Waals surface area contributed by atoms with Gasteiger partial charge in [-0.05, 0) is 101 Å². The number of amides is 1. The van der Waals surface area contributed by atoms with E-state index in [0.29, 0.717) is 35.1 Å². The van der Waals surface area contributed by atoms with E-state index in [9.17, 15) is 13.6 Å². The van der Waals surface area contributed by atoms with Crippen LogP contribution in [0.2, 0.25) is 0 Å². The molecule has 2 rings (SSSR count). The minimum absolute atomic E-state index is 0.126. The van der Waals surface area contributed by atoms with Gasteiger partial charge in [-0.1, -0.05) is 52.8 Å². The van der Waals surface area contributed by atoms with Crippen molar-refractivity contribution in [3.8, 4) is 0 Å². The zero-order valence-electron chi connectivity index (χ0n) is 29.1. The first-order valence-electron chi connectivity index (χ1n) is 15.6. The Kier molecular flexibility index (Phi) is 24.5. The molecule has 8 nitrogen and oxygen atoms in total. The average Bonchev–Trinajstić information content (AvgIpc) is 3.05. The van der Waals surface area contributed by atoms with Gasteiger partial charge >= 0.3 is 0 Å². The van der Waals surface area contributed by atoms with Gasteiger partial charge in [0.05, 0.1) is 5.71 Å². The molecule has 4 N–H and O–H groups in total. The third-order valence-corrected chi connectivity index (χ3v) is 6.31. The van der Waals surface area contributed by atoms with Crippen molar-refractivity contribution in [1.82, 2.24) is 5.32 Å². The van der Waals surface area contributed by atoms with E-state index < -0.39 is 11.6 Å². The lowest BCUT2D eigenvalue weighted by atomic mass is 10.0. The number of nitrogens with one attached hydrogen (secondary N) is 3. The maximum absolute atomic E-state index is 14.4. The molecule has 1 amide bonds. The molecule has 0 heterocycles. The first-order chi connectivity index (χ1) is 22.0. The fraction of sp³-hybridized carbons (Fsp3) is 0.417. The summed E-state index contributed by atoms with van der Waals surface area (Å²) < 4.78 is 28.4. The number of allylic oxidation sites excluding steroid dienone is 2. The van der Waals surface area contributed by atoms with Gasteiger partial charge < -0.3 is 21.1 Å². The summed E-state index contributed by atoms with van der Waals surface area (Å²) in [6.07, 6.45) is 8.88. The number of rotatable bonds is 12. The van der Waals surface area contributed by atoms with E-state index >= 15 is 0 Å². The van der Waals surface area contributed by atoms with E-state index in [0.717, 1.165) is 30.5 Å². The number of hydrogen-bond donors (Lipinski definition) is 4. The Hall–Kier alpha value is -4.47. The lowest BCUT2D eigenvalue weighted by Gasteiger charge is -2.14. The van der Waals surface area contributed by atoms with Crippen LogP contribution < -0.4 is 10.6 Å². The lowest BCUT2D eigenvalue weighted by Crippen LogP contribution is -2.26. The second-order valence-corrected chi connectivity index (χ2v) is 9.74. The van der Waals surface area contributed by atoms with Gasteiger partial charge in [-0.2, -0.15) is 0 Å². The van der Waals surface area contributed by atoms with Crippen LogP contribution in [0.5, 0.6) is 0 Å². The number of benzene rings is 2. The van der Waals surface area contributed by atoms with Crippen molar-refractivity contribution in [2.75, 3.05) is 11.9 Å². The molecule has 254 valence electrons. The summed E-state index contributed by atoms with van der Waals surface area (Å²) in [5.41, 5.74) is 3.55. The van der Waals surface area contributed by atoms with Crippen LogP contribution in [0.4, 0.5) is 14.5 Å². The number of aryl methyl sites for hydroxylation is 2. The highest BCUT2D eigenvalue weighted by atomic mass is 19.2. The number of amidine groups is 1. The predicted molar refractivity (Wildman–Crippen MR) is 190 cm³/mol.